The van der Waals surface area contributed by atoms with Gasteiger partial charge in [0, 0.05) is 5.39 Å². The quantitative estimate of drug-likeness (QED) is 0.536. The van der Waals surface area contributed by atoms with Crippen LogP contribution in [0.3, 0.4) is 0 Å². The summed E-state index contributed by atoms with van der Waals surface area (Å²) >= 11 is 0. The first-order chi connectivity index (χ1) is 10.3. The summed E-state index contributed by atoms with van der Waals surface area (Å²) in [4.78, 5) is 4.55. The van der Waals surface area contributed by atoms with E-state index in [0.29, 0.717) is 17.0 Å². The maximum absolute atomic E-state index is 14.0. The number of benzene rings is 2. The van der Waals surface area contributed by atoms with Gasteiger partial charge in [-0.05, 0) is 31.2 Å². The number of aromatic nitrogens is 4. The first-order valence-corrected chi connectivity index (χ1v) is 6.61. The van der Waals surface area contributed by atoms with Gasteiger partial charge in [0.15, 0.2) is 11.5 Å². The predicted octanol–water partition coefficient (Wildman–Crippen LogP) is 3.39. The molecule has 0 spiro atoms. The number of hydrogen-bond donors (Lipinski definition) is 0. The first kappa shape index (κ1) is 12.0. The van der Waals surface area contributed by atoms with Gasteiger partial charge in [0.25, 0.3) is 0 Å². The molecule has 21 heavy (non-hydrogen) atoms. The highest BCUT2D eigenvalue weighted by molar-refractivity contribution is 5.92. The van der Waals surface area contributed by atoms with Crippen LogP contribution in [-0.4, -0.2) is 19.6 Å². The van der Waals surface area contributed by atoms with Gasteiger partial charge in [-0.3, -0.25) is 4.40 Å². The highest BCUT2D eigenvalue weighted by Gasteiger charge is 2.16. The molecule has 0 N–H and O–H groups in total. The van der Waals surface area contributed by atoms with Gasteiger partial charge in [-0.25, -0.2) is 9.37 Å². The Balaban J connectivity index is 2.14. The fourth-order valence-electron chi connectivity index (χ4n) is 2.57. The average molecular weight is 278 g/mol. The Bertz CT molecular complexity index is 975. The molecule has 0 aliphatic carbocycles. The Labute approximate surface area is 119 Å². The molecule has 0 atom stereocenters. The number of nitrogens with zero attached hydrogens (tertiary/aromatic N) is 4. The lowest BCUT2D eigenvalue weighted by atomic mass is 10.2. The molecule has 0 saturated heterocycles. The van der Waals surface area contributed by atoms with Crippen LogP contribution in [0.15, 0.2) is 48.5 Å². The summed E-state index contributed by atoms with van der Waals surface area (Å²) in [5.41, 5.74) is 1.97. The number of aryl methyl sites for hydroxylation is 1. The van der Waals surface area contributed by atoms with Crippen molar-refractivity contribution in [3.63, 3.8) is 0 Å². The van der Waals surface area contributed by atoms with Crippen molar-refractivity contribution in [3.05, 3.63) is 60.2 Å². The molecule has 2 heterocycles. The summed E-state index contributed by atoms with van der Waals surface area (Å²) in [6.45, 7) is 1.87. The molecule has 0 aliphatic heterocycles. The topological polar surface area (TPSA) is 43.1 Å². The number of para-hydroxylation sites is 1. The van der Waals surface area contributed by atoms with Gasteiger partial charge >= 0.3 is 0 Å². The van der Waals surface area contributed by atoms with Crippen molar-refractivity contribution in [1.29, 1.82) is 0 Å². The Morgan fingerprint density at radius 3 is 2.57 bits per heavy atom. The second-order valence-corrected chi connectivity index (χ2v) is 4.84. The van der Waals surface area contributed by atoms with Crippen molar-refractivity contribution in [2.24, 2.45) is 0 Å². The monoisotopic (exact) mass is 278 g/mol. The summed E-state index contributed by atoms with van der Waals surface area (Å²) in [6.07, 6.45) is 0. The molecule has 4 aromatic rings. The predicted molar refractivity (Wildman–Crippen MR) is 78.4 cm³/mol. The Kier molecular flexibility index (Phi) is 2.47. The van der Waals surface area contributed by atoms with Crippen molar-refractivity contribution in [2.45, 2.75) is 6.92 Å². The molecule has 0 saturated carbocycles. The number of halogens is 1. The van der Waals surface area contributed by atoms with Crippen molar-refractivity contribution < 1.29 is 4.39 Å². The van der Waals surface area contributed by atoms with Crippen molar-refractivity contribution in [2.75, 3.05) is 0 Å². The maximum Gasteiger partial charge on any atom is 0.172 e. The van der Waals surface area contributed by atoms with E-state index < -0.39 is 0 Å². The van der Waals surface area contributed by atoms with Gasteiger partial charge in [0.2, 0.25) is 0 Å². The van der Waals surface area contributed by atoms with Crippen LogP contribution in [0.25, 0.3) is 27.9 Å². The second-order valence-electron chi connectivity index (χ2n) is 4.84. The molecule has 102 valence electrons. The molecule has 0 amide bonds. The fraction of sp³-hybridized carbons (Fsp3) is 0.0625. The molecule has 0 bridgehead atoms. The normalized spacial score (nSPS) is 11.3. The zero-order valence-corrected chi connectivity index (χ0v) is 11.3. The third-order valence-electron chi connectivity index (χ3n) is 3.53. The highest BCUT2D eigenvalue weighted by atomic mass is 19.1. The SMILES string of the molecule is Cc1nc2ccccc2c2nnc(-c3ccccc3F)n12. The van der Waals surface area contributed by atoms with Crippen LogP contribution in [0.1, 0.15) is 5.82 Å². The average Bonchev–Trinajstić information content (AvgIpc) is 2.93. The number of fused-ring (bicyclic) bond motifs is 3. The van der Waals surface area contributed by atoms with Crippen LogP contribution < -0.4 is 0 Å². The third kappa shape index (κ3) is 1.71. The van der Waals surface area contributed by atoms with Crippen molar-refractivity contribution in [1.82, 2.24) is 19.6 Å². The summed E-state index contributed by atoms with van der Waals surface area (Å²) in [5.74, 6) is 0.880. The van der Waals surface area contributed by atoms with Crippen LogP contribution in [0.2, 0.25) is 0 Å². The number of hydrogen-bond acceptors (Lipinski definition) is 3. The third-order valence-corrected chi connectivity index (χ3v) is 3.53. The molecule has 0 radical (unpaired) electrons. The van der Waals surface area contributed by atoms with E-state index in [1.165, 1.54) is 6.07 Å². The molecule has 5 heteroatoms. The lowest BCUT2D eigenvalue weighted by Crippen LogP contribution is -2.00. The van der Waals surface area contributed by atoms with E-state index in [1.807, 2.05) is 31.2 Å². The second kappa shape index (κ2) is 4.34. The molecular formula is C16H11FN4. The molecular weight excluding hydrogens is 267 g/mol. The standard InChI is InChI=1S/C16H11FN4/c1-10-18-14-9-5-3-7-12(14)16-20-19-15(21(10)16)11-6-2-4-8-13(11)17/h2-9H,1H3. The van der Waals surface area contributed by atoms with E-state index in [-0.39, 0.29) is 5.82 Å². The fourth-order valence-corrected chi connectivity index (χ4v) is 2.57. The lowest BCUT2D eigenvalue weighted by molar-refractivity contribution is 0.629. The highest BCUT2D eigenvalue weighted by Crippen LogP contribution is 2.25. The smallest absolute Gasteiger partial charge is 0.172 e. The zero-order valence-electron chi connectivity index (χ0n) is 11.3. The first-order valence-electron chi connectivity index (χ1n) is 6.61. The van der Waals surface area contributed by atoms with Gasteiger partial charge in [0.1, 0.15) is 11.6 Å². The van der Waals surface area contributed by atoms with Gasteiger partial charge in [-0.15, -0.1) is 10.2 Å². The zero-order chi connectivity index (χ0) is 14.4. The molecule has 4 nitrogen and oxygen atoms in total. The van der Waals surface area contributed by atoms with Crippen molar-refractivity contribution in [3.8, 4) is 11.4 Å². The van der Waals surface area contributed by atoms with E-state index in [9.17, 15) is 4.39 Å². The Morgan fingerprint density at radius 1 is 0.952 bits per heavy atom. The maximum atomic E-state index is 14.0. The van der Waals surface area contributed by atoms with E-state index in [1.54, 1.807) is 22.6 Å². The summed E-state index contributed by atoms with van der Waals surface area (Å²) in [7, 11) is 0. The molecule has 0 aliphatic rings. The molecule has 0 unspecified atom stereocenters. The van der Waals surface area contributed by atoms with Crippen LogP contribution in [0, 0.1) is 12.7 Å². The summed E-state index contributed by atoms with van der Waals surface area (Å²) in [6, 6.07) is 14.3. The minimum atomic E-state index is -0.320. The summed E-state index contributed by atoms with van der Waals surface area (Å²) in [5, 5.41) is 9.30. The summed E-state index contributed by atoms with van der Waals surface area (Å²) < 4.78 is 15.8. The number of rotatable bonds is 1. The van der Waals surface area contributed by atoms with E-state index >= 15 is 0 Å². The van der Waals surface area contributed by atoms with Gasteiger partial charge in [-0.1, -0.05) is 24.3 Å². The van der Waals surface area contributed by atoms with Crippen LogP contribution in [0.5, 0.6) is 0 Å². The van der Waals surface area contributed by atoms with Crippen molar-refractivity contribution >= 4 is 16.6 Å². The Morgan fingerprint density at radius 2 is 1.71 bits per heavy atom. The lowest BCUT2D eigenvalue weighted by Gasteiger charge is -2.06. The van der Waals surface area contributed by atoms with Crippen LogP contribution >= 0.6 is 0 Å². The largest absolute Gasteiger partial charge is 0.262 e. The van der Waals surface area contributed by atoms with Gasteiger partial charge < -0.3 is 0 Å². The van der Waals surface area contributed by atoms with Crippen LogP contribution in [0.4, 0.5) is 4.39 Å². The minimum Gasteiger partial charge on any atom is -0.262 e. The molecule has 2 aromatic carbocycles. The van der Waals surface area contributed by atoms with Gasteiger partial charge in [-0.2, -0.15) is 0 Å². The van der Waals surface area contributed by atoms with E-state index in [0.717, 1.165) is 16.7 Å². The Hall–Kier alpha value is -2.82. The van der Waals surface area contributed by atoms with E-state index in [2.05, 4.69) is 15.2 Å². The molecule has 2 aromatic heterocycles. The van der Waals surface area contributed by atoms with Crippen LogP contribution in [-0.2, 0) is 0 Å². The van der Waals surface area contributed by atoms with Gasteiger partial charge in [0.05, 0.1) is 11.1 Å². The molecule has 0 fully saturated rings. The molecule has 4 rings (SSSR count). The minimum absolute atomic E-state index is 0.320. The van der Waals surface area contributed by atoms with E-state index in [4.69, 9.17) is 0 Å².